The first-order valence-corrected chi connectivity index (χ1v) is 29.8. The minimum absolute atomic E-state index is 0.311. The van der Waals surface area contributed by atoms with Gasteiger partial charge in [0.25, 0.3) is 0 Å². The number of unbranched alkanes of at least 4 members (excludes halogenated alkanes) is 6. The summed E-state index contributed by atoms with van der Waals surface area (Å²) in [4.78, 5) is 8.63. The van der Waals surface area contributed by atoms with E-state index in [0.717, 1.165) is 144 Å². The highest BCUT2D eigenvalue weighted by molar-refractivity contribution is 5.90. The van der Waals surface area contributed by atoms with Gasteiger partial charge in [0.05, 0.1) is 0 Å². The van der Waals surface area contributed by atoms with Crippen molar-refractivity contribution < 1.29 is 17.6 Å². The van der Waals surface area contributed by atoms with Crippen LogP contribution in [0.2, 0.25) is 0 Å². The second-order valence-electron chi connectivity index (χ2n) is 22.0. The van der Waals surface area contributed by atoms with Crippen LogP contribution in [0.4, 0.5) is 85.8 Å². The van der Waals surface area contributed by atoms with Gasteiger partial charge in [-0.05, 0) is 240 Å². The van der Waals surface area contributed by atoms with E-state index in [1.165, 1.54) is 70.8 Å². The fourth-order valence-corrected chi connectivity index (χ4v) is 12.3. The van der Waals surface area contributed by atoms with E-state index in [0.29, 0.717) is 0 Å². The van der Waals surface area contributed by atoms with Gasteiger partial charge in [0.2, 0.25) is 0 Å². The molecule has 426 valence electrons. The zero-order valence-electron chi connectivity index (χ0n) is 48.4. The van der Waals surface area contributed by atoms with Gasteiger partial charge < -0.3 is 19.6 Å². The lowest BCUT2D eigenvalue weighted by Crippen LogP contribution is -2.26. The molecule has 10 aromatic rings. The Bertz CT molecular complexity index is 3600. The highest BCUT2D eigenvalue weighted by Gasteiger charge is 2.43. The summed E-state index contributed by atoms with van der Waals surface area (Å²) in [5.74, 6) is -1.26. The number of halogens is 4. The van der Waals surface area contributed by atoms with Crippen molar-refractivity contribution in [1.29, 1.82) is 0 Å². The molecule has 11 rings (SSSR count). The van der Waals surface area contributed by atoms with E-state index in [4.69, 9.17) is 0 Å². The number of hydrogen-bond donors (Lipinski definition) is 0. The Hall–Kier alpha value is -9.40. The predicted molar refractivity (Wildman–Crippen MR) is 349 cm³/mol. The maximum Gasteiger partial charge on any atom is 0.123 e. The second kappa shape index (κ2) is 26.0. The zero-order valence-corrected chi connectivity index (χ0v) is 48.4. The van der Waals surface area contributed by atoms with Crippen molar-refractivity contribution in [2.75, 3.05) is 19.6 Å². The SMILES string of the molecule is C=Cc1ccc(N(c2ccc(F)cc2)c2ccc(N(c3ccc(F)cc3)c3ccc4c(c3)C(CCCCCC)(CCCCCC)c3cc(N(c5ccc(F)cc5)c5ccc(N(c6ccc(F)cc6)c6ccc(C=C)cc6)cc5)ccc3-4)cc2)cc1. The molecule has 0 bridgehead atoms. The monoisotopic (exact) mass is 1130 g/mol. The Morgan fingerprint density at radius 2 is 0.518 bits per heavy atom. The molecule has 0 aromatic heterocycles. The highest BCUT2D eigenvalue weighted by atomic mass is 19.1. The third kappa shape index (κ3) is 12.3. The van der Waals surface area contributed by atoms with Gasteiger partial charge in [-0.3, -0.25) is 0 Å². The Labute approximate surface area is 498 Å². The smallest absolute Gasteiger partial charge is 0.123 e. The maximum atomic E-state index is 14.9. The van der Waals surface area contributed by atoms with Crippen molar-refractivity contribution in [1.82, 2.24) is 0 Å². The van der Waals surface area contributed by atoms with Crippen LogP contribution in [0.5, 0.6) is 0 Å². The molecule has 0 radical (unpaired) electrons. The Kier molecular flexibility index (Phi) is 17.6. The number of nitrogens with zero attached hydrogens (tertiary/aromatic N) is 4. The van der Waals surface area contributed by atoms with Gasteiger partial charge in [-0.1, -0.05) is 127 Å². The molecule has 0 fully saturated rings. The third-order valence-corrected chi connectivity index (χ3v) is 16.6. The standard InChI is InChI=1S/C77H70F4N4/c1-5-9-11-13-51-77(52-14-12-10-6-2)75-53-71(84(65-35-23-59(80)24-36-65)69-43-39-67(40-44-69)82(63-31-19-57(78)20-32-63)61-27-15-55(7-3)16-28-61)47-49-73(75)74-50-48-72(54-76(74)77)85(66-37-25-60(81)26-38-66)70-45-41-68(42-46-70)83(64-33-21-58(79)22-34-64)62-29-17-56(8-4)18-30-62/h7-8,15-50,53-54H,3-6,9-14,51-52H2,1-2H3. The molecule has 0 N–H and O–H groups in total. The lowest BCUT2D eigenvalue weighted by Gasteiger charge is -2.35. The van der Waals surface area contributed by atoms with Crippen LogP contribution in [0.3, 0.4) is 0 Å². The van der Waals surface area contributed by atoms with Gasteiger partial charge in [0, 0.05) is 73.7 Å². The molecule has 0 aliphatic heterocycles. The molecule has 0 saturated heterocycles. The molecule has 1 aliphatic rings. The Balaban J connectivity index is 1.03. The number of anilines is 12. The fourth-order valence-electron chi connectivity index (χ4n) is 12.3. The molecule has 0 heterocycles. The molecule has 1 aliphatic carbocycles. The number of hydrogen-bond acceptors (Lipinski definition) is 4. The van der Waals surface area contributed by atoms with Gasteiger partial charge in [-0.25, -0.2) is 17.6 Å². The van der Waals surface area contributed by atoms with Crippen molar-refractivity contribution in [2.24, 2.45) is 0 Å². The molecule has 8 heteroatoms. The predicted octanol–water partition coefficient (Wildman–Crippen LogP) is 23.6. The van der Waals surface area contributed by atoms with Gasteiger partial charge >= 0.3 is 0 Å². The number of rotatable bonds is 24. The average Bonchev–Trinajstić information content (AvgIpc) is 1.65. The Morgan fingerprint density at radius 1 is 0.294 bits per heavy atom. The molecule has 0 spiro atoms. The van der Waals surface area contributed by atoms with Crippen LogP contribution in [0.1, 0.15) is 100 Å². The molecule has 4 nitrogen and oxygen atoms in total. The van der Waals surface area contributed by atoms with Crippen LogP contribution in [-0.2, 0) is 5.41 Å². The highest BCUT2D eigenvalue weighted by Crippen LogP contribution is 2.57. The fraction of sp³-hybridized carbons (Fsp3) is 0.169. The topological polar surface area (TPSA) is 13.0 Å². The molecular weight excluding hydrogens is 1060 g/mol. The summed E-state index contributed by atoms with van der Waals surface area (Å²) in [6, 6.07) is 73.1. The molecule has 0 saturated carbocycles. The summed E-state index contributed by atoms with van der Waals surface area (Å²) in [6.45, 7) is 12.4. The van der Waals surface area contributed by atoms with Crippen LogP contribution in [-0.4, -0.2) is 0 Å². The van der Waals surface area contributed by atoms with E-state index >= 15 is 0 Å². The molecule has 0 unspecified atom stereocenters. The van der Waals surface area contributed by atoms with Crippen molar-refractivity contribution in [3.8, 4) is 11.1 Å². The van der Waals surface area contributed by atoms with Crippen LogP contribution in [0, 0.1) is 23.3 Å². The van der Waals surface area contributed by atoms with Crippen molar-refractivity contribution in [3.63, 3.8) is 0 Å². The summed E-state index contributed by atoms with van der Waals surface area (Å²) >= 11 is 0. The van der Waals surface area contributed by atoms with Crippen LogP contribution in [0.25, 0.3) is 23.3 Å². The molecule has 10 aromatic carbocycles. The maximum absolute atomic E-state index is 14.9. The van der Waals surface area contributed by atoms with Gasteiger partial charge in [0.15, 0.2) is 0 Å². The normalized spacial score (nSPS) is 12.1. The van der Waals surface area contributed by atoms with E-state index in [2.05, 4.69) is 132 Å². The number of benzene rings is 10. The quantitative estimate of drug-likeness (QED) is 0.0442. The molecule has 0 atom stereocenters. The minimum Gasteiger partial charge on any atom is -0.310 e. The van der Waals surface area contributed by atoms with E-state index in [9.17, 15) is 17.6 Å². The molecule has 85 heavy (non-hydrogen) atoms. The minimum atomic E-state index is -0.373. The van der Waals surface area contributed by atoms with E-state index in [1.54, 1.807) is 24.3 Å². The Morgan fingerprint density at radius 3 is 0.765 bits per heavy atom. The average molecular weight is 1130 g/mol. The van der Waals surface area contributed by atoms with Crippen molar-refractivity contribution >= 4 is 80.4 Å². The lowest BCUT2D eigenvalue weighted by molar-refractivity contribution is 0.401. The first kappa shape index (κ1) is 57.4. The lowest BCUT2D eigenvalue weighted by atomic mass is 9.70. The van der Waals surface area contributed by atoms with Gasteiger partial charge in [-0.15, -0.1) is 0 Å². The van der Waals surface area contributed by atoms with E-state index < -0.39 is 0 Å². The first-order chi connectivity index (χ1) is 41.6. The van der Waals surface area contributed by atoms with E-state index in [1.807, 2.05) is 84.9 Å². The summed E-state index contributed by atoms with van der Waals surface area (Å²) in [5.41, 5.74) is 17.1. The van der Waals surface area contributed by atoms with Crippen LogP contribution < -0.4 is 19.6 Å². The van der Waals surface area contributed by atoms with Crippen LogP contribution in [0.15, 0.2) is 244 Å². The zero-order chi connectivity index (χ0) is 58.9. The molecule has 0 amide bonds. The second-order valence-corrected chi connectivity index (χ2v) is 22.0. The third-order valence-electron chi connectivity index (χ3n) is 16.6. The number of fused-ring (bicyclic) bond motifs is 3. The van der Waals surface area contributed by atoms with Crippen molar-refractivity contribution in [3.05, 3.63) is 289 Å². The van der Waals surface area contributed by atoms with E-state index in [-0.39, 0.29) is 28.7 Å². The summed E-state index contributed by atoms with van der Waals surface area (Å²) in [6.07, 6.45) is 14.4. The summed E-state index contributed by atoms with van der Waals surface area (Å²) < 4.78 is 58.6. The summed E-state index contributed by atoms with van der Waals surface area (Å²) in [7, 11) is 0. The van der Waals surface area contributed by atoms with Crippen molar-refractivity contribution in [2.45, 2.75) is 83.5 Å². The van der Waals surface area contributed by atoms with Crippen LogP contribution >= 0.6 is 0 Å². The summed E-state index contributed by atoms with van der Waals surface area (Å²) in [5, 5.41) is 0. The van der Waals surface area contributed by atoms with Gasteiger partial charge in [-0.2, -0.15) is 0 Å². The first-order valence-electron chi connectivity index (χ1n) is 29.8. The largest absolute Gasteiger partial charge is 0.310 e. The molecular formula is C77H70F4N4. The van der Waals surface area contributed by atoms with Gasteiger partial charge in [0.1, 0.15) is 23.3 Å².